The van der Waals surface area contributed by atoms with Gasteiger partial charge in [0, 0.05) is 20.0 Å². The quantitative estimate of drug-likeness (QED) is 0.719. The van der Waals surface area contributed by atoms with Gasteiger partial charge < -0.3 is 30.5 Å². The number of hydrogen-bond acceptors (Lipinski definition) is 7. The molecule has 27 heavy (non-hydrogen) atoms. The van der Waals surface area contributed by atoms with Crippen LogP contribution in [-0.2, 0) is 11.3 Å². The van der Waals surface area contributed by atoms with E-state index >= 15 is 0 Å². The zero-order valence-corrected chi connectivity index (χ0v) is 15.4. The predicted molar refractivity (Wildman–Crippen MR) is 99.5 cm³/mol. The van der Waals surface area contributed by atoms with Crippen LogP contribution in [0.25, 0.3) is 0 Å². The van der Waals surface area contributed by atoms with Gasteiger partial charge in [0.1, 0.15) is 5.75 Å². The van der Waals surface area contributed by atoms with Crippen LogP contribution in [0.3, 0.4) is 0 Å². The van der Waals surface area contributed by atoms with E-state index in [1.54, 1.807) is 19.2 Å². The summed E-state index contributed by atoms with van der Waals surface area (Å²) in [6, 6.07) is 6.82. The van der Waals surface area contributed by atoms with Crippen LogP contribution in [0.4, 0.5) is 16.4 Å². The standard InChI is InChI=1S/C15H19N5O3.C2H5NO/c1-22-12-7-3-2-6-11(12)17-15(21)16-10-13-18-14(19-23-13)20-8-4-5-9-20;1-2(3)4/h2-3,6-7H,4-5,8-10H2,1H3,(H2,16,17,21);1H3,(H2,3,4). The van der Waals surface area contributed by atoms with Crippen molar-refractivity contribution in [2.75, 3.05) is 30.4 Å². The first-order valence-electron chi connectivity index (χ1n) is 8.51. The van der Waals surface area contributed by atoms with E-state index < -0.39 is 0 Å². The molecule has 0 atom stereocenters. The maximum atomic E-state index is 11.9. The van der Waals surface area contributed by atoms with Crippen molar-refractivity contribution >= 4 is 23.6 Å². The summed E-state index contributed by atoms with van der Waals surface area (Å²) in [7, 11) is 1.55. The predicted octanol–water partition coefficient (Wildman–Crippen LogP) is 1.49. The summed E-state index contributed by atoms with van der Waals surface area (Å²) in [5.74, 6) is 1.23. The molecule has 0 saturated carbocycles. The lowest BCUT2D eigenvalue weighted by Gasteiger charge is -2.10. The highest BCUT2D eigenvalue weighted by atomic mass is 16.5. The summed E-state index contributed by atoms with van der Waals surface area (Å²) >= 11 is 0. The third-order valence-corrected chi connectivity index (χ3v) is 3.60. The smallest absolute Gasteiger partial charge is 0.319 e. The lowest BCUT2D eigenvalue weighted by Crippen LogP contribution is -2.28. The van der Waals surface area contributed by atoms with Gasteiger partial charge in [-0.3, -0.25) is 4.79 Å². The fraction of sp³-hybridized carbons (Fsp3) is 0.412. The van der Waals surface area contributed by atoms with Crippen LogP contribution in [0.15, 0.2) is 28.8 Å². The Hall–Kier alpha value is -3.30. The van der Waals surface area contributed by atoms with Crippen molar-refractivity contribution in [1.29, 1.82) is 0 Å². The Morgan fingerprint density at radius 1 is 1.30 bits per heavy atom. The van der Waals surface area contributed by atoms with Crippen molar-refractivity contribution in [3.63, 3.8) is 0 Å². The molecule has 0 spiro atoms. The van der Waals surface area contributed by atoms with Crippen LogP contribution in [0.1, 0.15) is 25.7 Å². The van der Waals surface area contributed by atoms with Gasteiger partial charge in [-0.15, -0.1) is 0 Å². The number of carbonyl (C=O) groups excluding carboxylic acids is 2. The average Bonchev–Trinajstić information content (AvgIpc) is 3.31. The van der Waals surface area contributed by atoms with Crippen LogP contribution in [-0.4, -0.2) is 42.3 Å². The third-order valence-electron chi connectivity index (χ3n) is 3.60. The first-order valence-corrected chi connectivity index (χ1v) is 8.51. The molecule has 3 amide bonds. The summed E-state index contributed by atoms with van der Waals surface area (Å²) in [6.45, 7) is 3.36. The van der Waals surface area contributed by atoms with E-state index in [-0.39, 0.29) is 18.5 Å². The zero-order valence-electron chi connectivity index (χ0n) is 15.4. The number of carbonyl (C=O) groups is 2. The summed E-state index contributed by atoms with van der Waals surface area (Å²) < 4.78 is 10.3. The van der Waals surface area contributed by atoms with Crippen LogP contribution in [0.5, 0.6) is 5.75 Å². The number of nitrogens with two attached hydrogens (primary N) is 1. The summed E-state index contributed by atoms with van der Waals surface area (Å²) in [4.78, 5) is 27.5. The number of methoxy groups -OCH3 is 1. The molecule has 3 rings (SSSR count). The van der Waals surface area contributed by atoms with Crippen LogP contribution < -0.4 is 26.0 Å². The molecule has 2 aromatic rings. The average molecular weight is 376 g/mol. The van der Waals surface area contributed by atoms with Gasteiger partial charge >= 0.3 is 6.03 Å². The largest absolute Gasteiger partial charge is 0.495 e. The van der Waals surface area contributed by atoms with Crippen molar-refractivity contribution < 1.29 is 18.8 Å². The fourth-order valence-electron chi connectivity index (χ4n) is 2.43. The Balaban J connectivity index is 0.000000596. The summed E-state index contributed by atoms with van der Waals surface area (Å²) in [6.07, 6.45) is 2.28. The van der Waals surface area contributed by atoms with Gasteiger partial charge in [-0.1, -0.05) is 12.1 Å². The number of nitrogens with one attached hydrogen (secondary N) is 2. The highest BCUT2D eigenvalue weighted by molar-refractivity contribution is 5.90. The zero-order chi connectivity index (χ0) is 19.6. The minimum atomic E-state index is -0.365. The second-order valence-corrected chi connectivity index (χ2v) is 5.80. The topological polar surface area (TPSA) is 136 Å². The number of ether oxygens (including phenoxy) is 1. The molecule has 0 bridgehead atoms. The van der Waals surface area contributed by atoms with Crippen molar-refractivity contribution in [1.82, 2.24) is 15.5 Å². The lowest BCUT2D eigenvalue weighted by molar-refractivity contribution is -0.115. The molecule has 1 fully saturated rings. The molecule has 4 N–H and O–H groups in total. The van der Waals surface area contributed by atoms with Crippen LogP contribution >= 0.6 is 0 Å². The van der Waals surface area contributed by atoms with E-state index in [4.69, 9.17) is 9.26 Å². The molecule has 10 heteroatoms. The van der Waals surface area contributed by atoms with Gasteiger partial charge in [-0.2, -0.15) is 4.98 Å². The number of para-hydroxylation sites is 2. The number of nitrogens with zero attached hydrogens (tertiary/aromatic N) is 3. The molecule has 0 unspecified atom stereocenters. The van der Waals surface area contributed by atoms with E-state index in [0.717, 1.165) is 25.9 Å². The van der Waals surface area contributed by atoms with Crippen molar-refractivity contribution in [3.05, 3.63) is 30.2 Å². The Morgan fingerprint density at radius 3 is 2.63 bits per heavy atom. The van der Waals surface area contributed by atoms with E-state index in [9.17, 15) is 9.59 Å². The fourth-order valence-corrected chi connectivity index (χ4v) is 2.43. The number of amides is 3. The molecule has 10 nitrogen and oxygen atoms in total. The molecule has 146 valence electrons. The van der Waals surface area contributed by atoms with Gasteiger partial charge in [0.15, 0.2) is 0 Å². The number of hydrogen-bond donors (Lipinski definition) is 3. The molecule has 2 heterocycles. The van der Waals surface area contributed by atoms with Gasteiger partial charge in [-0.25, -0.2) is 4.79 Å². The normalized spacial score (nSPS) is 12.7. The van der Waals surface area contributed by atoms with E-state index in [1.165, 1.54) is 6.92 Å². The van der Waals surface area contributed by atoms with Gasteiger partial charge in [0.05, 0.1) is 19.3 Å². The molecule has 1 aromatic carbocycles. The maximum absolute atomic E-state index is 11.9. The molecule has 1 saturated heterocycles. The minimum absolute atomic E-state index is 0.168. The Labute approximate surface area is 157 Å². The summed E-state index contributed by atoms with van der Waals surface area (Å²) in [5, 5.41) is 9.34. The molecule has 0 radical (unpaired) electrons. The van der Waals surface area contributed by atoms with Gasteiger partial charge in [0.25, 0.3) is 5.95 Å². The van der Waals surface area contributed by atoms with Crippen molar-refractivity contribution in [2.24, 2.45) is 5.73 Å². The van der Waals surface area contributed by atoms with Crippen molar-refractivity contribution in [3.8, 4) is 5.75 Å². The number of aromatic nitrogens is 2. The number of rotatable bonds is 5. The Kier molecular flexibility index (Phi) is 7.41. The van der Waals surface area contributed by atoms with Crippen LogP contribution in [0.2, 0.25) is 0 Å². The maximum Gasteiger partial charge on any atom is 0.319 e. The summed E-state index contributed by atoms with van der Waals surface area (Å²) in [5.41, 5.74) is 5.07. The first kappa shape index (κ1) is 20.0. The molecule has 0 aliphatic carbocycles. The van der Waals surface area contributed by atoms with Crippen LogP contribution in [0, 0.1) is 0 Å². The number of benzene rings is 1. The Bertz CT molecular complexity index is 753. The van der Waals surface area contributed by atoms with Gasteiger partial charge in [0.2, 0.25) is 11.8 Å². The number of anilines is 2. The van der Waals surface area contributed by atoms with E-state index in [2.05, 4.69) is 31.4 Å². The highest BCUT2D eigenvalue weighted by Gasteiger charge is 2.18. The Morgan fingerprint density at radius 2 is 1.96 bits per heavy atom. The van der Waals surface area contributed by atoms with Crippen molar-refractivity contribution in [2.45, 2.75) is 26.3 Å². The number of primary amides is 1. The molecule has 1 aliphatic heterocycles. The third kappa shape index (κ3) is 6.49. The van der Waals surface area contributed by atoms with E-state index in [0.29, 0.717) is 23.3 Å². The second kappa shape index (κ2) is 10.00. The second-order valence-electron chi connectivity index (χ2n) is 5.80. The molecular formula is C17H24N6O4. The van der Waals surface area contributed by atoms with Gasteiger partial charge in [-0.05, 0) is 30.1 Å². The first-order chi connectivity index (χ1) is 13.0. The molecular weight excluding hydrogens is 352 g/mol. The van der Waals surface area contributed by atoms with E-state index in [1.807, 2.05) is 12.1 Å². The SMILES string of the molecule is CC(N)=O.COc1ccccc1NC(=O)NCc1nc(N2CCCC2)no1. The highest BCUT2D eigenvalue weighted by Crippen LogP contribution is 2.22. The molecule has 1 aliphatic rings. The monoisotopic (exact) mass is 376 g/mol. The number of urea groups is 1. The molecule has 1 aromatic heterocycles. The lowest BCUT2D eigenvalue weighted by atomic mass is 10.3. The minimum Gasteiger partial charge on any atom is -0.495 e.